The molecule has 1 N–H and O–H groups in total. The van der Waals surface area contributed by atoms with Gasteiger partial charge in [0.1, 0.15) is 0 Å². The quantitative estimate of drug-likeness (QED) is 0.889. The van der Waals surface area contributed by atoms with Crippen LogP contribution in [0, 0.1) is 20.8 Å². The van der Waals surface area contributed by atoms with Crippen molar-refractivity contribution in [2.75, 3.05) is 6.54 Å². The van der Waals surface area contributed by atoms with E-state index in [-0.39, 0.29) is 6.04 Å². The van der Waals surface area contributed by atoms with Crippen molar-refractivity contribution in [2.45, 2.75) is 40.2 Å². The molecule has 2 aromatic rings. The van der Waals surface area contributed by atoms with Gasteiger partial charge < -0.3 is 5.32 Å². The van der Waals surface area contributed by atoms with Crippen LogP contribution in [0.4, 0.5) is 0 Å². The van der Waals surface area contributed by atoms with Crippen LogP contribution >= 0.6 is 0 Å². The summed E-state index contributed by atoms with van der Waals surface area (Å²) >= 11 is 0. The molecular formula is C18H24N2. The molecule has 0 spiro atoms. The highest BCUT2D eigenvalue weighted by atomic mass is 14.9. The Balaban J connectivity index is 2.25. The molecule has 1 unspecified atom stereocenters. The first kappa shape index (κ1) is 14.7. The first-order valence-electron chi connectivity index (χ1n) is 7.32. The van der Waals surface area contributed by atoms with E-state index in [1.807, 2.05) is 13.0 Å². The summed E-state index contributed by atoms with van der Waals surface area (Å²) in [5, 5.41) is 3.55. The second kappa shape index (κ2) is 6.67. The van der Waals surface area contributed by atoms with Crippen LogP contribution in [0.25, 0.3) is 0 Å². The maximum atomic E-state index is 4.67. The minimum Gasteiger partial charge on any atom is -0.309 e. The SMILES string of the molecule is CCNC(Cc1cc(C)cc(C)c1)c1cccc(C)n1. The molecule has 0 saturated carbocycles. The van der Waals surface area contributed by atoms with E-state index in [1.165, 1.54) is 16.7 Å². The van der Waals surface area contributed by atoms with Crippen LogP contribution in [-0.4, -0.2) is 11.5 Å². The fourth-order valence-electron chi connectivity index (χ4n) is 2.71. The molecule has 0 radical (unpaired) electrons. The van der Waals surface area contributed by atoms with Crippen molar-refractivity contribution in [3.63, 3.8) is 0 Å². The topological polar surface area (TPSA) is 24.9 Å². The maximum Gasteiger partial charge on any atom is 0.0579 e. The number of aromatic nitrogens is 1. The van der Waals surface area contributed by atoms with Crippen LogP contribution in [0.3, 0.4) is 0 Å². The number of benzene rings is 1. The standard InChI is InChI=1S/C18H24N2/c1-5-19-18(17-8-6-7-15(4)20-17)12-16-10-13(2)9-14(3)11-16/h6-11,18-19H,5,12H2,1-4H3. The monoisotopic (exact) mass is 268 g/mol. The number of pyridine rings is 1. The highest BCUT2D eigenvalue weighted by Crippen LogP contribution is 2.19. The van der Waals surface area contributed by atoms with E-state index < -0.39 is 0 Å². The molecule has 0 fully saturated rings. The Morgan fingerprint density at radius 2 is 1.75 bits per heavy atom. The predicted octanol–water partition coefficient (Wildman–Crippen LogP) is 3.90. The predicted molar refractivity (Wildman–Crippen MR) is 85.0 cm³/mol. The van der Waals surface area contributed by atoms with Crippen molar-refractivity contribution in [1.82, 2.24) is 10.3 Å². The van der Waals surface area contributed by atoms with Crippen LogP contribution in [-0.2, 0) is 6.42 Å². The number of likely N-dealkylation sites (N-methyl/N-ethyl adjacent to an activating group) is 1. The van der Waals surface area contributed by atoms with E-state index in [2.05, 4.69) is 61.4 Å². The Morgan fingerprint density at radius 1 is 1.05 bits per heavy atom. The molecule has 2 heteroatoms. The van der Waals surface area contributed by atoms with Crippen molar-refractivity contribution in [3.05, 3.63) is 64.5 Å². The average Bonchev–Trinajstić information content (AvgIpc) is 2.37. The number of nitrogens with one attached hydrogen (secondary N) is 1. The molecular weight excluding hydrogens is 244 g/mol. The summed E-state index contributed by atoms with van der Waals surface area (Å²) in [6.45, 7) is 9.45. The lowest BCUT2D eigenvalue weighted by molar-refractivity contribution is 0.535. The Morgan fingerprint density at radius 3 is 2.35 bits per heavy atom. The van der Waals surface area contributed by atoms with Crippen LogP contribution in [0.5, 0.6) is 0 Å². The number of nitrogens with zero attached hydrogens (tertiary/aromatic N) is 1. The summed E-state index contributed by atoms with van der Waals surface area (Å²) in [6.07, 6.45) is 0.979. The molecule has 0 bridgehead atoms. The third-order valence-electron chi connectivity index (χ3n) is 3.44. The van der Waals surface area contributed by atoms with Gasteiger partial charge in [-0.2, -0.15) is 0 Å². The van der Waals surface area contributed by atoms with Crippen LogP contribution < -0.4 is 5.32 Å². The van der Waals surface area contributed by atoms with Gasteiger partial charge in [-0.05, 0) is 51.4 Å². The van der Waals surface area contributed by atoms with Gasteiger partial charge in [0.05, 0.1) is 11.7 Å². The molecule has 1 aromatic heterocycles. The number of aryl methyl sites for hydroxylation is 3. The lowest BCUT2D eigenvalue weighted by atomic mass is 9.99. The van der Waals surface area contributed by atoms with Crippen molar-refractivity contribution in [1.29, 1.82) is 0 Å². The van der Waals surface area contributed by atoms with Gasteiger partial charge in [0.2, 0.25) is 0 Å². The maximum absolute atomic E-state index is 4.67. The molecule has 0 aliphatic heterocycles. The molecule has 0 amide bonds. The minimum atomic E-state index is 0.279. The molecule has 1 heterocycles. The molecule has 106 valence electrons. The van der Waals surface area contributed by atoms with E-state index in [0.717, 1.165) is 24.4 Å². The number of hydrogen-bond donors (Lipinski definition) is 1. The van der Waals surface area contributed by atoms with E-state index in [9.17, 15) is 0 Å². The van der Waals surface area contributed by atoms with Crippen molar-refractivity contribution < 1.29 is 0 Å². The lowest BCUT2D eigenvalue weighted by Crippen LogP contribution is -2.24. The van der Waals surface area contributed by atoms with Gasteiger partial charge in [-0.15, -0.1) is 0 Å². The third kappa shape index (κ3) is 3.91. The second-order valence-corrected chi connectivity index (χ2v) is 5.51. The van der Waals surface area contributed by atoms with Crippen LogP contribution in [0.1, 0.15) is 41.0 Å². The van der Waals surface area contributed by atoms with Gasteiger partial charge in [0, 0.05) is 5.69 Å². The first-order valence-corrected chi connectivity index (χ1v) is 7.32. The Bertz CT molecular complexity index is 555. The summed E-state index contributed by atoms with van der Waals surface area (Å²) in [5.41, 5.74) is 6.23. The molecule has 1 aromatic carbocycles. The van der Waals surface area contributed by atoms with Gasteiger partial charge in [-0.3, -0.25) is 4.98 Å². The Kier molecular flexibility index (Phi) is 4.91. The van der Waals surface area contributed by atoms with E-state index in [1.54, 1.807) is 0 Å². The minimum absolute atomic E-state index is 0.279. The highest BCUT2D eigenvalue weighted by molar-refractivity contribution is 5.30. The smallest absolute Gasteiger partial charge is 0.0579 e. The fraction of sp³-hybridized carbons (Fsp3) is 0.389. The van der Waals surface area contributed by atoms with Crippen LogP contribution in [0.15, 0.2) is 36.4 Å². The van der Waals surface area contributed by atoms with Gasteiger partial charge >= 0.3 is 0 Å². The summed E-state index contributed by atoms with van der Waals surface area (Å²) in [5.74, 6) is 0. The van der Waals surface area contributed by atoms with E-state index in [4.69, 9.17) is 0 Å². The van der Waals surface area contributed by atoms with Gasteiger partial charge in [0.15, 0.2) is 0 Å². The molecule has 2 rings (SSSR count). The summed E-state index contributed by atoms with van der Waals surface area (Å²) in [6, 6.07) is 13.3. The normalized spacial score (nSPS) is 12.4. The van der Waals surface area contributed by atoms with Crippen molar-refractivity contribution >= 4 is 0 Å². The fourth-order valence-corrected chi connectivity index (χ4v) is 2.71. The van der Waals surface area contributed by atoms with Crippen molar-refractivity contribution in [3.8, 4) is 0 Å². The number of hydrogen-bond acceptors (Lipinski definition) is 2. The number of rotatable bonds is 5. The average molecular weight is 268 g/mol. The zero-order valence-corrected chi connectivity index (χ0v) is 12.9. The molecule has 0 aliphatic carbocycles. The highest BCUT2D eigenvalue weighted by Gasteiger charge is 2.13. The summed E-state index contributed by atoms with van der Waals surface area (Å²) in [4.78, 5) is 4.67. The molecule has 1 atom stereocenters. The molecule has 2 nitrogen and oxygen atoms in total. The Labute approximate surface area is 122 Å². The van der Waals surface area contributed by atoms with Gasteiger partial charge in [0.25, 0.3) is 0 Å². The largest absolute Gasteiger partial charge is 0.309 e. The van der Waals surface area contributed by atoms with Crippen molar-refractivity contribution in [2.24, 2.45) is 0 Å². The van der Waals surface area contributed by atoms with Gasteiger partial charge in [-0.25, -0.2) is 0 Å². The third-order valence-corrected chi connectivity index (χ3v) is 3.44. The lowest BCUT2D eigenvalue weighted by Gasteiger charge is -2.18. The van der Waals surface area contributed by atoms with Crippen LogP contribution in [0.2, 0.25) is 0 Å². The summed E-state index contributed by atoms with van der Waals surface area (Å²) in [7, 11) is 0. The Hall–Kier alpha value is -1.67. The summed E-state index contributed by atoms with van der Waals surface area (Å²) < 4.78 is 0. The van der Waals surface area contributed by atoms with E-state index >= 15 is 0 Å². The zero-order valence-electron chi connectivity index (χ0n) is 12.9. The molecule has 0 saturated heterocycles. The molecule has 20 heavy (non-hydrogen) atoms. The second-order valence-electron chi connectivity index (χ2n) is 5.51. The molecule has 0 aliphatic rings. The van der Waals surface area contributed by atoms with E-state index in [0.29, 0.717) is 0 Å². The van der Waals surface area contributed by atoms with Gasteiger partial charge in [-0.1, -0.05) is 42.3 Å². The first-order chi connectivity index (χ1) is 9.58. The zero-order chi connectivity index (χ0) is 14.5.